The van der Waals surface area contributed by atoms with Gasteiger partial charge in [0.15, 0.2) is 6.29 Å². The van der Waals surface area contributed by atoms with Crippen molar-refractivity contribution in [3.05, 3.63) is 82.9 Å². The Balaban J connectivity index is 2.08. The summed E-state index contributed by atoms with van der Waals surface area (Å²) in [5.74, 6) is 0.666. The van der Waals surface area contributed by atoms with Crippen molar-refractivity contribution in [3.8, 4) is 5.75 Å². The number of aliphatic hydroxyl groups is 1. The molecule has 0 saturated heterocycles. The zero-order valence-electron chi connectivity index (χ0n) is 17.4. The van der Waals surface area contributed by atoms with Crippen molar-refractivity contribution in [3.63, 3.8) is 0 Å². The Bertz CT molecular complexity index is 855. The summed E-state index contributed by atoms with van der Waals surface area (Å²) in [5, 5.41) is 9.74. The van der Waals surface area contributed by atoms with Crippen LogP contribution in [-0.4, -0.2) is 11.4 Å². The van der Waals surface area contributed by atoms with Gasteiger partial charge in [0.25, 0.3) is 0 Å². The van der Waals surface area contributed by atoms with E-state index in [2.05, 4.69) is 69.0 Å². The van der Waals surface area contributed by atoms with Crippen LogP contribution in [0.5, 0.6) is 5.75 Å². The van der Waals surface area contributed by atoms with Crippen molar-refractivity contribution in [2.45, 2.75) is 47.3 Å². The highest BCUT2D eigenvalue weighted by Crippen LogP contribution is 2.37. The monoisotopic (exact) mass is 375 g/mol. The molecule has 3 aromatic rings. The summed E-state index contributed by atoms with van der Waals surface area (Å²) in [6.07, 6.45) is -0.222. The number of rotatable bonds is 6. The second kappa shape index (κ2) is 8.49. The molecule has 3 heteroatoms. The fourth-order valence-corrected chi connectivity index (χ4v) is 3.52. The van der Waals surface area contributed by atoms with Crippen LogP contribution in [0.15, 0.2) is 60.7 Å². The third kappa shape index (κ3) is 4.73. The predicted molar refractivity (Wildman–Crippen MR) is 117 cm³/mol. The Morgan fingerprint density at radius 1 is 0.714 bits per heavy atom. The Morgan fingerprint density at radius 3 is 1.54 bits per heavy atom. The molecule has 0 amide bonds. The molecule has 3 rings (SSSR count). The van der Waals surface area contributed by atoms with Crippen LogP contribution in [-0.2, 0) is 0 Å². The van der Waals surface area contributed by atoms with Gasteiger partial charge in [0.05, 0.1) is 0 Å². The molecule has 3 aromatic carbocycles. The van der Waals surface area contributed by atoms with E-state index >= 15 is 0 Å². The molecule has 0 bridgehead atoms. The molecule has 146 valence electrons. The fourth-order valence-electron chi connectivity index (χ4n) is 3.52. The number of hydrogen-bond acceptors (Lipinski definition) is 3. The highest BCUT2D eigenvalue weighted by Gasteiger charge is 2.14. The maximum absolute atomic E-state index is 9.74. The highest BCUT2D eigenvalue weighted by molar-refractivity contribution is 5.78. The van der Waals surface area contributed by atoms with Gasteiger partial charge in [0.1, 0.15) is 5.75 Å². The average Bonchev–Trinajstić information content (AvgIpc) is 2.61. The van der Waals surface area contributed by atoms with E-state index < -0.39 is 6.29 Å². The summed E-state index contributed by atoms with van der Waals surface area (Å²) in [6, 6.07) is 21.1. The Hall–Kier alpha value is -2.78. The van der Waals surface area contributed by atoms with E-state index in [-0.39, 0.29) is 0 Å². The van der Waals surface area contributed by atoms with E-state index in [0.717, 1.165) is 17.1 Å². The van der Waals surface area contributed by atoms with E-state index in [4.69, 9.17) is 4.74 Å². The van der Waals surface area contributed by atoms with Crippen molar-refractivity contribution in [1.82, 2.24) is 0 Å². The minimum Gasteiger partial charge on any atom is -0.465 e. The molecule has 0 spiro atoms. The molecule has 3 nitrogen and oxygen atoms in total. The van der Waals surface area contributed by atoms with Crippen molar-refractivity contribution in [1.29, 1.82) is 0 Å². The molecule has 1 atom stereocenters. The van der Waals surface area contributed by atoms with Crippen LogP contribution < -0.4 is 9.64 Å². The lowest BCUT2D eigenvalue weighted by Gasteiger charge is -2.27. The van der Waals surface area contributed by atoms with Crippen LogP contribution >= 0.6 is 0 Å². The van der Waals surface area contributed by atoms with Crippen LogP contribution in [0.25, 0.3) is 0 Å². The number of benzene rings is 3. The van der Waals surface area contributed by atoms with Gasteiger partial charge in [0, 0.05) is 23.5 Å². The summed E-state index contributed by atoms with van der Waals surface area (Å²) in [7, 11) is 0. The van der Waals surface area contributed by atoms with Crippen LogP contribution in [0, 0.1) is 27.7 Å². The average molecular weight is 376 g/mol. The van der Waals surface area contributed by atoms with E-state index in [9.17, 15) is 5.11 Å². The number of anilines is 3. The van der Waals surface area contributed by atoms with E-state index in [0.29, 0.717) is 12.2 Å². The van der Waals surface area contributed by atoms with Crippen LogP contribution in [0.4, 0.5) is 17.1 Å². The van der Waals surface area contributed by atoms with Crippen molar-refractivity contribution in [2.24, 2.45) is 0 Å². The summed E-state index contributed by atoms with van der Waals surface area (Å²) >= 11 is 0. The lowest BCUT2D eigenvalue weighted by molar-refractivity contribution is -0.0191. The second-order valence-corrected chi connectivity index (χ2v) is 7.50. The Morgan fingerprint density at radius 2 is 1.14 bits per heavy atom. The number of aliphatic hydroxyl groups excluding tert-OH is 1. The molecule has 0 aromatic heterocycles. The molecule has 0 radical (unpaired) electrons. The Labute approximate surface area is 168 Å². The highest BCUT2D eigenvalue weighted by atomic mass is 16.6. The molecule has 0 saturated carbocycles. The van der Waals surface area contributed by atoms with E-state index in [1.807, 2.05) is 31.2 Å². The standard InChI is InChI=1S/C25H29NO2/c1-6-25(27)28-24-9-7-21(8-10-24)26(22-13-17(2)11-18(3)14-22)23-15-19(4)12-20(5)16-23/h7-16,25,27H,6H2,1-5H3. The largest absolute Gasteiger partial charge is 0.465 e. The van der Waals surface area contributed by atoms with E-state index in [1.165, 1.54) is 22.3 Å². The molecule has 28 heavy (non-hydrogen) atoms. The Kier molecular flexibility index (Phi) is 6.05. The van der Waals surface area contributed by atoms with Crippen LogP contribution in [0.1, 0.15) is 35.6 Å². The zero-order chi connectivity index (χ0) is 20.3. The first-order chi connectivity index (χ1) is 13.4. The first-order valence-corrected chi connectivity index (χ1v) is 9.77. The van der Waals surface area contributed by atoms with Gasteiger partial charge < -0.3 is 14.7 Å². The smallest absolute Gasteiger partial charge is 0.197 e. The molecular weight excluding hydrogens is 346 g/mol. The minimum atomic E-state index is -0.777. The molecule has 1 N–H and O–H groups in total. The molecule has 0 aliphatic rings. The van der Waals surface area contributed by atoms with Gasteiger partial charge >= 0.3 is 0 Å². The third-order valence-electron chi connectivity index (χ3n) is 4.65. The van der Waals surface area contributed by atoms with Crippen LogP contribution in [0.3, 0.4) is 0 Å². The molecule has 0 aliphatic heterocycles. The predicted octanol–water partition coefficient (Wildman–Crippen LogP) is 6.50. The molecule has 0 heterocycles. The van der Waals surface area contributed by atoms with Gasteiger partial charge in [-0.15, -0.1) is 0 Å². The molecule has 0 fully saturated rings. The summed E-state index contributed by atoms with van der Waals surface area (Å²) in [6.45, 7) is 10.4. The maximum Gasteiger partial charge on any atom is 0.197 e. The number of ether oxygens (including phenoxy) is 1. The lowest BCUT2D eigenvalue weighted by atomic mass is 10.1. The molecular formula is C25H29NO2. The molecule has 0 aliphatic carbocycles. The maximum atomic E-state index is 9.74. The quantitative estimate of drug-likeness (QED) is 0.499. The van der Waals surface area contributed by atoms with Gasteiger partial charge in [-0.05, 0) is 98.5 Å². The van der Waals surface area contributed by atoms with Gasteiger partial charge in [-0.25, -0.2) is 0 Å². The first kappa shape index (κ1) is 20.0. The van der Waals surface area contributed by atoms with Gasteiger partial charge in [-0.1, -0.05) is 19.1 Å². The van der Waals surface area contributed by atoms with Gasteiger partial charge in [0.2, 0.25) is 0 Å². The first-order valence-electron chi connectivity index (χ1n) is 9.77. The fraction of sp³-hybridized carbons (Fsp3) is 0.280. The van der Waals surface area contributed by atoms with E-state index in [1.54, 1.807) is 0 Å². The zero-order valence-corrected chi connectivity index (χ0v) is 17.4. The van der Waals surface area contributed by atoms with Crippen molar-refractivity contribution < 1.29 is 9.84 Å². The molecule has 1 unspecified atom stereocenters. The summed E-state index contributed by atoms with van der Waals surface area (Å²) in [4.78, 5) is 2.26. The summed E-state index contributed by atoms with van der Waals surface area (Å²) in [5.41, 5.74) is 8.24. The van der Waals surface area contributed by atoms with Gasteiger partial charge in [-0.2, -0.15) is 0 Å². The van der Waals surface area contributed by atoms with Crippen molar-refractivity contribution in [2.75, 3.05) is 4.90 Å². The number of aryl methyl sites for hydroxylation is 4. The lowest BCUT2D eigenvalue weighted by Crippen LogP contribution is -2.14. The van der Waals surface area contributed by atoms with Crippen LogP contribution in [0.2, 0.25) is 0 Å². The van der Waals surface area contributed by atoms with Crippen molar-refractivity contribution >= 4 is 17.1 Å². The SMILES string of the molecule is CCC(O)Oc1ccc(N(c2cc(C)cc(C)c2)c2cc(C)cc(C)c2)cc1. The number of nitrogens with zero attached hydrogens (tertiary/aromatic N) is 1. The normalized spacial score (nSPS) is 11.9. The minimum absolute atomic E-state index is 0.555. The third-order valence-corrected chi connectivity index (χ3v) is 4.65. The summed E-state index contributed by atoms with van der Waals surface area (Å²) < 4.78 is 5.52. The number of hydrogen-bond donors (Lipinski definition) is 1. The second-order valence-electron chi connectivity index (χ2n) is 7.50. The van der Waals surface area contributed by atoms with Gasteiger partial charge in [-0.3, -0.25) is 0 Å². The topological polar surface area (TPSA) is 32.7 Å².